The molecular formula is C13H9F6N4O. The van der Waals surface area contributed by atoms with E-state index in [0.29, 0.717) is 6.20 Å². The molecule has 0 amide bonds. The van der Waals surface area contributed by atoms with Crippen LogP contribution in [0.3, 0.4) is 0 Å². The number of alkyl halides is 6. The number of benzene rings is 1. The van der Waals surface area contributed by atoms with Gasteiger partial charge in [-0.1, -0.05) is 6.07 Å². The zero-order chi connectivity index (χ0) is 18.0. The Bertz CT molecular complexity index is 716. The third-order valence-electron chi connectivity index (χ3n) is 2.63. The Morgan fingerprint density at radius 1 is 1.17 bits per heavy atom. The summed E-state index contributed by atoms with van der Waals surface area (Å²) >= 11 is 0. The highest BCUT2D eigenvalue weighted by molar-refractivity contribution is 5.63. The van der Waals surface area contributed by atoms with E-state index in [1.165, 1.54) is 19.2 Å². The van der Waals surface area contributed by atoms with E-state index in [9.17, 15) is 26.3 Å². The second-order valence-corrected chi connectivity index (χ2v) is 4.30. The van der Waals surface area contributed by atoms with Gasteiger partial charge in [0.2, 0.25) is 5.95 Å². The van der Waals surface area contributed by atoms with Crippen LogP contribution in [0.15, 0.2) is 24.4 Å². The average Bonchev–Trinajstić information content (AvgIpc) is 2.46. The topological polar surface area (TPSA) is 59.1 Å². The summed E-state index contributed by atoms with van der Waals surface area (Å²) < 4.78 is 79.1. The van der Waals surface area contributed by atoms with Crippen molar-refractivity contribution in [1.29, 1.82) is 0 Å². The molecule has 1 radical (unpaired) electrons. The van der Waals surface area contributed by atoms with E-state index in [1.807, 2.05) is 0 Å². The highest BCUT2D eigenvalue weighted by atomic mass is 19.4. The van der Waals surface area contributed by atoms with Crippen molar-refractivity contribution < 1.29 is 31.1 Å². The number of anilines is 3. The quantitative estimate of drug-likeness (QED) is 0.816. The maximum atomic E-state index is 12.8. The lowest BCUT2D eigenvalue weighted by molar-refractivity contribution is -0.274. The van der Waals surface area contributed by atoms with Crippen LogP contribution in [0.1, 0.15) is 5.56 Å². The molecular weight excluding hydrogens is 342 g/mol. The highest BCUT2D eigenvalue weighted by Crippen LogP contribution is 2.35. The lowest BCUT2D eigenvalue weighted by Gasteiger charge is -2.15. The molecule has 0 aliphatic carbocycles. The Morgan fingerprint density at radius 3 is 2.46 bits per heavy atom. The fourth-order valence-corrected chi connectivity index (χ4v) is 1.69. The van der Waals surface area contributed by atoms with Gasteiger partial charge in [-0.3, -0.25) is 0 Å². The molecule has 0 bridgehead atoms. The largest absolute Gasteiger partial charge is 0.573 e. The number of hydrogen-bond acceptors (Lipinski definition) is 5. The molecule has 11 heteroatoms. The number of nitrogens with zero attached hydrogens (tertiary/aromatic N) is 2. The summed E-state index contributed by atoms with van der Waals surface area (Å²) in [5, 5.41) is 4.63. The van der Waals surface area contributed by atoms with Crippen LogP contribution in [-0.4, -0.2) is 23.4 Å². The van der Waals surface area contributed by atoms with Crippen molar-refractivity contribution in [1.82, 2.24) is 9.97 Å². The molecule has 2 N–H and O–H groups in total. The predicted molar refractivity (Wildman–Crippen MR) is 71.8 cm³/mol. The van der Waals surface area contributed by atoms with Crippen molar-refractivity contribution in [3.05, 3.63) is 36.0 Å². The molecule has 0 saturated carbocycles. The monoisotopic (exact) mass is 351 g/mol. The molecule has 0 aliphatic rings. The highest BCUT2D eigenvalue weighted by Gasteiger charge is 2.35. The molecule has 0 atom stereocenters. The molecule has 0 aliphatic heterocycles. The van der Waals surface area contributed by atoms with Crippen LogP contribution >= 0.6 is 0 Å². The van der Waals surface area contributed by atoms with Crippen molar-refractivity contribution in [3.8, 4) is 5.75 Å². The summed E-state index contributed by atoms with van der Waals surface area (Å²) in [6.45, 7) is 0. The Morgan fingerprint density at radius 2 is 1.88 bits per heavy atom. The zero-order valence-electron chi connectivity index (χ0n) is 11.9. The average molecular weight is 351 g/mol. The van der Waals surface area contributed by atoms with Gasteiger partial charge in [0.15, 0.2) is 5.75 Å². The number of aromatic nitrogens is 2. The lowest BCUT2D eigenvalue weighted by Crippen LogP contribution is -2.18. The molecule has 1 aromatic carbocycles. The minimum atomic E-state index is -4.94. The molecule has 2 aromatic rings. The van der Waals surface area contributed by atoms with Gasteiger partial charge in [-0.25, -0.2) is 4.98 Å². The van der Waals surface area contributed by atoms with Crippen LogP contribution in [0.5, 0.6) is 5.75 Å². The van der Waals surface area contributed by atoms with Gasteiger partial charge in [0.05, 0.1) is 5.69 Å². The van der Waals surface area contributed by atoms with Gasteiger partial charge >= 0.3 is 12.5 Å². The molecule has 0 fully saturated rings. The van der Waals surface area contributed by atoms with Crippen molar-refractivity contribution in [3.63, 3.8) is 0 Å². The first-order valence-corrected chi connectivity index (χ1v) is 6.25. The van der Waals surface area contributed by atoms with Gasteiger partial charge in [-0.05, 0) is 18.2 Å². The van der Waals surface area contributed by atoms with Gasteiger partial charge in [-0.15, -0.1) is 13.2 Å². The first kappa shape index (κ1) is 17.6. The molecule has 1 heterocycles. The van der Waals surface area contributed by atoms with Crippen molar-refractivity contribution in [2.45, 2.75) is 12.5 Å². The second kappa shape index (κ2) is 6.42. The van der Waals surface area contributed by atoms with Gasteiger partial charge in [-0.2, -0.15) is 18.2 Å². The van der Waals surface area contributed by atoms with E-state index in [1.54, 1.807) is 0 Å². The Labute approximate surface area is 131 Å². The number of hydrogen-bond donors (Lipinski definition) is 2. The Balaban J connectivity index is 2.32. The van der Waals surface area contributed by atoms with E-state index in [0.717, 1.165) is 6.07 Å². The van der Waals surface area contributed by atoms with E-state index in [-0.39, 0.29) is 11.6 Å². The van der Waals surface area contributed by atoms with Gasteiger partial charge in [0, 0.05) is 13.2 Å². The summed E-state index contributed by atoms with van der Waals surface area (Å²) in [5.41, 5.74) is -1.29. The predicted octanol–water partition coefficient (Wildman–Crippen LogP) is 3.98. The number of ether oxygens (including phenoxy) is 1. The summed E-state index contributed by atoms with van der Waals surface area (Å²) in [4.78, 5) is 7.05. The van der Waals surface area contributed by atoms with Crippen LogP contribution in [0.4, 0.5) is 43.8 Å². The smallest absolute Gasteiger partial charge is 0.404 e. The molecule has 5 nitrogen and oxygen atoms in total. The standard InChI is InChI=1S/C13H9F6N4O/c1-20-10-7(12(14,15)16)6-21-11(23-10)22-8-4-2-3-5-9(8)24-13(17,18)19/h2,4-6H,1H3,(H2,20,21,22,23). The van der Waals surface area contributed by atoms with Crippen LogP contribution < -0.4 is 15.4 Å². The van der Waals surface area contributed by atoms with Crippen molar-refractivity contribution >= 4 is 17.5 Å². The molecule has 2 rings (SSSR count). The van der Waals surface area contributed by atoms with Gasteiger partial charge in [0.1, 0.15) is 11.4 Å². The molecule has 0 spiro atoms. The molecule has 1 aromatic heterocycles. The summed E-state index contributed by atoms with van der Waals surface area (Å²) in [7, 11) is 1.22. The van der Waals surface area contributed by atoms with E-state index < -0.39 is 29.7 Å². The first-order valence-electron chi connectivity index (χ1n) is 6.25. The van der Waals surface area contributed by atoms with Crippen LogP contribution in [-0.2, 0) is 6.18 Å². The SMILES string of the molecule is CNc1nc(Nc2cc[c]cc2OC(F)(F)F)ncc1C(F)(F)F. The minimum Gasteiger partial charge on any atom is -0.404 e. The maximum absolute atomic E-state index is 12.8. The number of halogens is 6. The lowest BCUT2D eigenvalue weighted by atomic mass is 10.3. The van der Waals surface area contributed by atoms with Gasteiger partial charge in [0.25, 0.3) is 0 Å². The third-order valence-corrected chi connectivity index (χ3v) is 2.63. The van der Waals surface area contributed by atoms with Crippen molar-refractivity contribution in [2.75, 3.05) is 17.7 Å². The molecule has 24 heavy (non-hydrogen) atoms. The zero-order valence-corrected chi connectivity index (χ0v) is 11.9. The second-order valence-electron chi connectivity index (χ2n) is 4.30. The third kappa shape index (κ3) is 4.40. The molecule has 0 unspecified atom stereocenters. The van der Waals surface area contributed by atoms with E-state index >= 15 is 0 Å². The normalized spacial score (nSPS) is 12.0. The first-order chi connectivity index (χ1) is 11.1. The maximum Gasteiger partial charge on any atom is 0.573 e. The van der Waals surface area contributed by atoms with Crippen LogP contribution in [0.2, 0.25) is 0 Å². The van der Waals surface area contributed by atoms with Gasteiger partial charge < -0.3 is 15.4 Å². The van der Waals surface area contributed by atoms with Crippen LogP contribution in [0.25, 0.3) is 0 Å². The van der Waals surface area contributed by atoms with E-state index in [4.69, 9.17) is 0 Å². The minimum absolute atomic E-state index is 0.187. The Kier molecular flexibility index (Phi) is 4.71. The summed E-state index contributed by atoms with van der Waals surface area (Å²) in [6, 6.07) is 5.78. The van der Waals surface area contributed by atoms with E-state index in [2.05, 4.69) is 31.4 Å². The fourth-order valence-electron chi connectivity index (χ4n) is 1.69. The fraction of sp³-hybridized carbons (Fsp3) is 0.231. The number of nitrogens with one attached hydrogen (secondary N) is 2. The molecule has 0 saturated heterocycles. The Hall–Kier alpha value is -2.72. The summed E-state index contributed by atoms with van der Waals surface area (Å²) in [5.74, 6) is -1.49. The molecule has 129 valence electrons. The number of rotatable bonds is 4. The van der Waals surface area contributed by atoms with Crippen LogP contribution in [0, 0.1) is 6.07 Å². The summed E-state index contributed by atoms with van der Waals surface area (Å²) in [6.07, 6.45) is -9.10. The van der Waals surface area contributed by atoms with Crippen molar-refractivity contribution in [2.24, 2.45) is 0 Å².